The van der Waals surface area contributed by atoms with E-state index in [9.17, 15) is 9.90 Å². The number of rotatable bonds is 3. The van der Waals surface area contributed by atoms with Gasteiger partial charge in [-0.1, -0.05) is 12.1 Å². The SMILES string of the molecule is O=c1[nH]c(CN2CCC(c3ccc(O)cc3)CC2)nc2ccsc12. The van der Waals surface area contributed by atoms with Crippen LogP contribution in [0.15, 0.2) is 40.5 Å². The summed E-state index contributed by atoms with van der Waals surface area (Å²) in [6.45, 7) is 2.65. The molecule has 124 valence electrons. The molecule has 1 aliphatic heterocycles. The van der Waals surface area contributed by atoms with Crippen LogP contribution in [0.25, 0.3) is 10.2 Å². The van der Waals surface area contributed by atoms with Gasteiger partial charge in [0.15, 0.2) is 0 Å². The first-order valence-corrected chi connectivity index (χ1v) is 9.05. The monoisotopic (exact) mass is 341 g/mol. The number of hydrogen-bond donors (Lipinski definition) is 2. The Morgan fingerprint density at radius 1 is 1.21 bits per heavy atom. The Kier molecular flexibility index (Phi) is 4.08. The van der Waals surface area contributed by atoms with Crippen LogP contribution >= 0.6 is 11.3 Å². The summed E-state index contributed by atoms with van der Waals surface area (Å²) in [5.74, 6) is 1.59. The fourth-order valence-electron chi connectivity index (χ4n) is 3.38. The van der Waals surface area contributed by atoms with E-state index in [-0.39, 0.29) is 5.56 Å². The maximum Gasteiger partial charge on any atom is 0.268 e. The molecule has 1 fully saturated rings. The fraction of sp³-hybridized carbons (Fsp3) is 0.333. The molecular weight excluding hydrogens is 322 g/mol. The highest BCUT2D eigenvalue weighted by molar-refractivity contribution is 7.17. The van der Waals surface area contributed by atoms with Crippen LogP contribution < -0.4 is 5.56 Å². The van der Waals surface area contributed by atoms with E-state index in [4.69, 9.17) is 0 Å². The zero-order valence-corrected chi connectivity index (χ0v) is 14.1. The van der Waals surface area contributed by atoms with Gasteiger partial charge in [-0.15, -0.1) is 11.3 Å². The number of benzene rings is 1. The Hall–Kier alpha value is -2.18. The number of aromatic hydroxyl groups is 1. The lowest BCUT2D eigenvalue weighted by Crippen LogP contribution is -2.33. The third kappa shape index (κ3) is 3.07. The summed E-state index contributed by atoms with van der Waals surface area (Å²) >= 11 is 1.43. The second-order valence-electron chi connectivity index (χ2n) is 6.29. The molecule has 1 aromatic carbocycles. The molecule has 0 spiro atoms. The van der Waals surface area contributed by atoms with E-state index >= 15 is 0 Å². The van der Waals surface area contributed by atoms with Crippen LogP contribution in [-0.2, 0) is 6.54 Å². The quantitative estimate of drug-likeness (QED) is 0.768. The van der Waals surface area contributed by atoms with Crippen molar-refractivity contribution in [2.45, 2.75) is 25.3 Å². The van der Waals surface area contributed by atoms with Gasteiger partial charge in [0.05, 0.1) is 12.1 Å². The summed E-state index contributed by atoms with van der Waals surface area (Å²) in [7, 11) is 0. The number of likely N-dealkylation sites (tertiary alicyclic amines) is 1. The van der Waals surface area contributed by atoms with Gasteiger partial charge < -0.3 is 10.1 Å². The number of nitrogens with one attached hydrogen (secondary N) is 1. The standard InChI is InChI=1S/C18H19N3O2S/c22-14-3-1-12(2-4-14)13-5-8-21(9-6-13)11-16-19-15-7-10-24-17(15)18(23)20-16/h1-4,7,10,13,22H,5-6,8-9,11H2,(H,19,20,23). The molecule has 5 nitrogen and oxygen atoms in total. The smallest absolute Gasteiger partial charge is 0.268 e. The van der Waals surface area contributed by atoms with Crippen LogP contribution in [0.5, 0.6) is 5.75 Å². The molecule has 6 heteroatoms. The van der Waals surface area contributed by atoms with Gasteiger partial charge >= 0.3 is 0 Å². The van der Waals surface area contributed by atoms with E-state index in [1.807, 2.05) is 23.6 Å². The predicted molar refractivity (Wildman–Crippen MR) is 95.6 cm³/mol. The van der Waals surface area contributed by atoms with Gasteiger partial charge in [0.25, 0.3) is 5.56 Å². The van der Waals surface area contributed by atoms with Gasteiger partial charge in [-0.2, -0.15) is 0 Å². The van der Waals surface area contributed by atoms with Crippen molar-refractivity contribution in [3.8, 4) is 5.75 Å². The zero-order valence-electron chi connectivity index (χ0n) is 13.2. The van der Waals surface area contributed by atoms with Crippen molar-refractivity contribution in [1.82, 2.24) is 14.9 Å². The molecule has 4 rings (SSSR count). The molecule has 3 heterocycles. The summed E-state index contributed by atoms with van der Waals surface area (Å²) < 4.78 is 0.699. The number of thiophene rings is 1. The second-order valence-corrected chi connectivity index (χ2v) is 7.21. The Balaban J connectivity index is 1.42. The van der Waals surface area contributed by atoms with Gasteiger partial charge in [-0.25, -0.2) is 4.98 Å². The molecule has 1 saturated heterocycles. The van der Waals surface area contributed by atoms with Crippen molar-refractivity contribution in [2.75, 3.05) is 13.1 Å². The molecule has 24 heavy (non-hydrogen) atoms. The second kappa shape index (κ2) is 6.37. The molecule has 0 radical (unpaired) electrons. The van der Waals surface area contributed by atoms with Crippen LogP contribution in [0, 0.1) is 0 Å². The number of fused-ring (bicyclic) bond motifs is 1. The van der Waals surface area contributed by atoms with E-state index in [1.165, 1.54) is 16.9 Å². The van der Waals surface area contributed by atoms with Crippen molar-refractivity contribution in [2.24, 2.45) is 0 Å². The summed E-state index contributed by atoms with van der Waals surface area (Å²) in [5, 5.41) is 11.3. The van der Waals surface area contributed by atoms with Crippen LogP contribution in [-0.4, -0.2) is 33.1 Å². The van der Waals surface area contributed by atoms with E-state index in [2.05, 4.69) is 14.9 Å². The largest absolute Gasteiger partial charge is 0.508 e. The fourth-order valence-corrected chi connectivity index (χ4v) is 4.10. The molecule has 0 unspecified atom stereocenters. The number of nitrogens with zero attached hydrogens (tertiary/aromatic N) is 2. The number of hydrogen-bond acceptors (Lipinski definition) is 5. The molecule has 0 amide bonds. The minimum absolute atomic E-state index is 0.0380. The number of piperidine rings is 1. The number of aromatic amines is 1. The first-order chi connectivity index (χ1) is 11.7. The molecule has 3 aromatic rings. The molecular formula is C18H19N3O2S. The maximum absolute atomic E-state index is 12.0. The van der Waals surface area contributed by atoms with Crippen LogP contribution in [0.2, 0.25) is 0 Å². The molecule has 0 aliphatic carbocycles. The van der Waals surface area contributed by atoms with E-state index < -0.39 is 0 Å². The molecule has 0 bridgehead atoms. The van der Waals surface area contributed by atoms with Gasteiger partial charge in [-0.05, 0) is 61.0 Å². The van der Waals surface area contributed by atoms with Gasteiger partial charge in [-0.3, -0.25) is 9.69 Å². The highest BCUT2D eigenvalue weighted by atomic mass is 32.1. The normalized spacial score (nSPS) is 16.7. The van der Waals surface area contributed by atoms with Crippen molar-refractivity contribution < 1.29 is 5.11 Å². The van der Waals surface area contributed by atoms with Crippen molar-refractivity contribution in [3.63, 3.8) is 0 Å². The number of aromatic nitrogens is 2. The Bertz CT molecular complexity index is 893. The first kappa shape index (κ1) is 15.4. The Morgan fingerprint density at radius 2 is 1.96 bits per heavy atom. The minimum atomic E-state index is -0.0380. The lowest BCUT2D eigenvalue weighted by Gasteiger charge is -2.31. The Morgan fingerprint density at radius 3 is 2.71 bits per heavy atom. The lowest BCUT2D eigenvalue weighted by atomic mass is 9.89. The molecule has 0 saturated carbocycles. The predicted octanol–water partition coefficient (Wildman–Crippen LogP) is 3.07. The highest BCUT2D eigenvalue weighted by Crippen LogP contribution is 2.29. The van der Waals surface area contributed by atoms with Crippen LogP contribution in [0.1, 0.15) is 30.1 Å². The first-order valence-electron chi connectivity index (χ1n) is 8.17. The summed E-state index contributed by atoms with van der Waals surface area (Å²) in [6.07, 6.45) is 2.16. The highest BCUT2D eigenvalue weighted by Gasteiger charge is 2.21. The van der Waals surface area contributed by atoms with E-state index in [0.29, 0.717) is 22.9 Å². The summed E-state index contributed by atoms with van der Waals surface area (Å²) in [6, 6.07) is 9.44. The molecule has 2 N–H and O–H groups in total. The van der Waals surface area contributed by atoms with Crippen LogP contribution in [0.4, 0.5) is 0 Å². The number of phenols is 1. The van der Waals surface area contributed by atoms with E-state index in [1.54, 1.807) is 12.1 Å². The van der Waals surface area contributed by atoms with Gasteiger partial charge in [0.1, 0.15) is 16.3 Å². The molecule has 2 aromatic heterocycles. The number of phenolic OH excluding ortho intramolecular Hbond substituents is 1. The van der Waals surface area contributed by atoms with Crippen molar-refractivity contribution in [1.29, 1.82) is 0 Å². The summed E-state index contributed by atoms with van der Waals surface area (Å²) in [5.41, 5.74) is 2.04. The average molecular weight is 341 g/mol. The Labute approximate surface area is 143 Å². The van der Waals surface area contributed by atoms with Crippen molar-refractivity contribution >= 4 is 21.6 Å². The molecule has 0 atom stereocenters. The summed E-state index contributed by atoms with van der Waals surface area (Å²) in [4.78, 5) is 21.9. The topological polar surface area (TPSA) is 69.2 Å². The minimum Gasteiger partial charge on any atom is -0.508 e. The van der Waals surface area contributed by atoms with Crippen LogP contribution in [0.3, 0.4) is 0 Å². The lowest BCUT2D eigenvalue weighted by molar-refractivity contribution is 0.200. The van der Waals surface area contributed by atoms with E-state index in [0.717, 1.165) is 37.3 Å². The van der Waals surface area contributed by atoms with Crippen molar-refractivity contribution in [3.05, 3.63) is 57.5 Å². The average Bonchev–Trinajstić information content (AvgIpc) is 3.05. The van der Waals surface area contributed by atoms with Gasteiger partial charge in [0.2, 0.25) is 0 Å². The molecule has 1 aliphatic rings. The third-order valence-electron chi connectivity index (χ3n) is 4.69. The zero-order chi connectivity index (χ0) is 16.5. The third-order valence-corrected chi connectivity index (χ3v) is 5.59. The van der Waals surface area contributed by atoms with Gasteiger partial charge in [0, 0.05) is 0 Å². The number of H-pyrrole nitrogens is 1. The maximum atomic E-state index is 12.0.